The number of nitrogens with zero attached hydrogens (tertiary/aromatic N) is 1. The SMILES string of the molecule is c1ccc2c(c1)-c1ccccc1C1c3cnc4ccccc4c3-c3ccccc3C21. The molecule has 7 rings (SSSR count). The van der Waals surface area contributed by atoms with Gasteiger partial charge in [0.15, 0.2) is 0 Å². The van der Waals surface area contributed by atoms with Crippen LogP contribution in [0.5, 0.6) is 0 Å². The highest BCUT2D eigenvalue weighted by atomic mass is 14.7. The number of rotatable bonds is 0. The number of benzene rings is 4. The van der Waals surface area contributed by atoms with Gasteiger partial charge >= 0.3 is 0 Å². The number of hydrogen-bond donors (Lipinski definition) is 0. The summed E-state index contributed by atoms with van der Waals surface area (Å²) in [5, 5.41) is 1.25. The molecular weight excluding hydrogens is 362 g/mol. The van der Waals surface area contributed by atoms with Crippen LogP contribution in [0.3, 0.4) is 0 Å². The van der Waals surface area contributed by atoms with Gasteiger partial charge < -0.3 is 0 Å². The zero-order valence-electron chi connectivity index (χ0n) is 16.4. The van der Waals surface area contributed by atoms with Gasteiger partial charge in [0.25, 0.3) is 0 Å². The number of pyridine rings is 1. The van der Waals surface area contributed by atoms with E-state index in [0.29, 0.717) is 5.92 Å². The lowest BCUT2D eigenvalue weighted by atomic mass is 9.61. The Balaban J connectivity index is 1.66. The Morgan fingerprint density at radius 2 is 0.967 bits per heavy atom. The van der Waals surface area contributed by atoms with E-state index in [1.54, 1.807) is 0 Å². The van der Waals surface area contributed by atoms with Crippen molar-refractivity contribution in [2.75, 3.05) is 0 Å². The summed E-state index contributed by atoms with van der Waals surface area (Å²) in [5.41, 5.74) is 12.1. The summed E-state index contributed by atoms with van der Waals surface area (Å²) in [6, 6.07) is 35.4. The summed E-state index contributed by atoms with van der Waals surface area (Å²) < 4.78 is 0. The normalized spacial score (nSPS) is 18.0. The summed E-state index contributed by atoms with van der Waals surface area (Å²) in [7, 11) is 0. The molecule has 0 bridgehead atoms. The third-order valence-electron chi connectivity index (χ3n) is 6.92. The molecule has 0 saturated carbocycles. The second-order valence-corrected chi connectivity index (χ2v) is 8.32. The highest BCUT2D eigenvalue weighted by molar-refractivity contribution is 5.99. The zero-order chi connectivity index (χ0) is 19.7. The number of para-hydroxylation sites is 1. The Morgan fingerprint density at radius 3 is 1.67 bits per heavy atom. The number of fused-ring (bicyclic) bond motifs is 13. The first-order valence-electron chi connectivity index (χ1n) is 10.6. The summed E-state index contributed by atoms with van der Waals surface area (Å²) in [6.07, 6.45) is 2.13. The molecule has 1 aromatic heterocycles. The summed E-state index contributed by atoms with van der Waals surface area (Å²) in [4.78, 5) is 4.89. The van der Waals surface area contributed by atoms with E-state index in [1.165, 1.54) is 49.9 Å². The minimum Gasteiger partial charge on any atom is -0.256 e. The van der Waals surface area contributed by atoms with Crippen LogP contribution in [-0.2, 0) is 0 Å². The maximum atomic E-state index is 4.89. The van der Waals surface area contributed by atoms with E-state index in [9.17, 15) is 0 Å². The minimum atomic E-state index is 0.276. The van der Waals surface area contributed by atoms with E-state index in [-0.39, 0.29) is 5.92 Å². The van der Waals surface area contributed by atoms with Gasteiger partial charge in [0, 0.05) is 23.4 Å². The first-order chi connectivity index (χ1) is 14.9. The first kappa shape index (κ1) is 16.1. The van der Waals surface area contributed by atoms with Crippen molar-refractivity contribution in [1.29, 1.82) is 0 Å². The summed E-state index contributed by atoms with van der Waals surface area (Å²) >= 11 is 0. The molecule has 0 spiro atoms. The van der Waals surface area contributed by atoms with E-state index in [2.05, 4.69) is 103 Å². The van der Waals surface area contributed by atoms with Crippen LogP contribution in [-0.4, -0.2) is 4.98 Å². The Hall–Kier alpha value is -3.71. The molecule has 30 heavy (non-hydrogen) atoms. The van der Waals surface area contributed by atoms with Crippen molar-refractivity contribution in [3.8, 4) is 22.3 Å². The van der Waals surface area contributed by atoms with Gasteiger partial charge in [0.05, 0.1) is 5.52 Å². The van der Waals surface area contributed by atoms with Crippen molar-refractivity contribution in [3.63, 3.8) is 0 Å². The minimum absolute atomic E-state index is 0.276. The molecule has 0 radical (unpaired) electrons. The molecular formula is C29H19N. The maximum Gasteiger partial charge on any atom is 0.0708 e. The van der Waals surface area contributed by atoms with Crippen LogP contribution in [0.4, 0.5) is 0 Å². The lowest BCUT2D eigenvalue weighted by Gasteiger charge is -2.41. The van der Waals surface area contributed by atoms with Crippen LogP contribution in [0.2, 0.25) is 0 Å². The third-order valence-corrected chi connectivity index (χ3v) is 6.92. The van der Waals surface area contributed by atoms with Crippen LogP contribution < -0.4 is 0 Å². The van der Waals surface area contributed by atoms with E-state index in [4.69, 9.17) is 4.98 Å². The van der Waals surface area contributed by atoms with Crippen LogP contribution in [0.15, 0.2) is 103 Å². The van der Waals surface area contributed by atoms with Gasteiger partial charge in [0.2, 0.25) is 0 Å². The molecule has 2 unspecified atom stereocenters. The Labute approximate surface area is 175 Å². The smallest absolute Gasteiger partial charge is 0.0708 e. The maximum absolute atomic E-state index is 4.89. The van der Waals surface area contributed by atoms with Crippen LogP contribution in [0, 0.1) is 0 Å². The predicted octanol–water partition coefficient (Wildman–Crippen LogP) is 7.16. The quantitative estimate of drug-likeness (QED) is 0.277. The van der Waals surface area contributed by atoms with Crippen molar-refractivity contribution < 1.29 is 0 Å². The molecule has 4 aromatic carbocycles. The van der Waals surface area contributed by atoms with Crippen molar-refractivity contribution in [3.05, 3.63) is 126 Å². The van der Waals surface area contributed by atoms with E-state index >= 15 is 0 Å². The van der Waals surface area contributed by atoms with Gasteiger partial charge in [-0.05, 0) is 50.6 Å². The molecule has 5 aromatic rings. The standard InChI is InChI=1S/C29H19N/c1-3-11-20-18(9-1)19-10-2-4-12-21(19)29-25-17-30-26-16-8-7-15-24(26)27(25)22-13-5-6-14-23(22)28(20)29/h1-17,28-29H. The van der Waals surface area contributed by atoms with Crippen molar-refractivity contribution in [1.82, 2.24) is 4.98 Å². The van der Waals surface area contributed by atoms with E-state index in [1.807, 2.05) is 0 Å². The summed E-state index contributed by atoms with van der Waals surface area (Å²) in [5.74, 6) is 0.584. The highest BCUT2D eigenvalue weighted by Gasteiger charge is 2.41. The van der Waals surface area contributed by atoms with Gasteiger partial charge in [-0.15, -0.1) is 0 Å². The Kier molecular flexibility index (Phi) is 3.17. The van der Waals surface area contributed by atoms with Crippen LogP contribution in [0.25, 0.3) is 33.2 Å². The topological polar surface area (TPSA) is 12.9 Å². The Bertz CT molecular complexity index is 1460. The van der Waals surface area contributed by atoms with Crippen LogP contribution >= 0.6 is 0 Å². The fraction of sp³-hybridized carbons (Fsp3) is 0.0690. The van der Waals surface area contributed by atoms with E-state index < -0.39 is 0 Å². The van der Waals surface area contributed by atoms with Gasteiger partial charge in [0.1, 0.15) is 0 Å². The zero-order valence-corrected chi connectivity index (χ0v) is 16.4. The number of hydrogen-bond acceptors (Lipinski definition) is 1. The van der Waals surface area contributed by atoms with E-state index in [0.717, 1.165) is 5.52 Å². The largest absolute Gasteiger partial charge is 0.256 e. The molecule has 1 heteroatoms. The molecule has 1 nitrogen and oxygen atoms in total. The second-order valence-electron chi connectivity index (χ2n) is 8.32. The lowest BCUT2D eigenvalue weighted by Crippen LogP contribution is -2.24. The molecule has 0 amide bonds. The average molecular weight is 381 g/mol. The molecule has 2 aliphatic rings. The predicted molar refractivity (Wildman–Crippen MR) is 123 cm³/mol. The van der Waals surface area contributed by atoms with Crippen molar-refractivity contribution in [2.45, 2.75) is 11.8 Å². The van der Waals surface area contributed by atoms with Gasteiger partial charge in [-0.3, -0.25) is 4.98 Å². The molecule has 0 fully saturated rings. The van der Waals surface area contributed by atoms with Crippen LogP contribution in [0.1, 0.15) is 34.1 Å². The third kappa shape index (κ3) is 1.99. The van der Waals surface area contributed by atoms with Crippen molar-refractivity contribution in [2.24, 2.45) is 0 Å². The molecule has 0 saturated heterocycles. The summed E-state index contributed by atoms with van der Waals surface area (Å²) in [6.45, 7) is 0. The Morgan fingerprint density at radius 1 is 0.467 bits per heavy atom. The molecule has 140 valence electrons. The monoisotopic (exact) mass is 381 g/mol. The van der Waals surface area contributed by atoms with Gasteiger partial charge in [-0.25, -0.2) is 0 Å². The second kappa shape index (κ2) is 5.90. The van der Waals surface area contributed by atoms with Gasteiger partial charge in [-0.1, -0.05) is 91.0 Å². The fourth-order valence-corrected chi connectivity index (χ4v) is 5.77. The average Bonchev–Trinajstić information content (AvgIpc) is 2.83. The molecule has 2 aliphatic carbocycles. The van der Waals surface area contributed by atoms with Crippen molar-refractivity contribution >= 4 is 10.9 Å². The molecule has 0 aliphatic heterocycles. The van der Waals surface area contributed by atoms with Gasteiger partial charge in [-0.2, -0.15) is 0 Å². The number of aromatic nitrogens is 1. The lowest BCUT2D eigenvalue weighted by molar-refractivity contribution is 0.675. The fourth-order valence-electron chi connectivity index (χ4n) is 5.77. The molecule has 2 atom stereocenters. The molecule has 0 N–H and O–H groups in total. The first-order valence-corrected chi connectivity index (χ1v) is 10.6. The molecule has 1 heterocycles. The highest BCUT2D eigenvalue weighted by Crippen LogP contribution is 2.58.